The molecule has 0 saturated heterocycles. The van der Waals surface area contributed by atoms with Crippen LogP contribution in [0.25, 0.3) is 0 Å². The second-order valence-electron chi connectivity index (χ2n) is 2.53. The highest BCUT2D eigenvalue weighted by Gasteiger charge is 2.14. The van der Waals surface area contributed by atoms with Crippen LogP contribution >= 0.6 is 0 Å². The molecule has 1 aromatic rings. The van der Waals surface area contributed by atoms with E-state index in [1.54, 1.807) is 0 Å². The van der Waals surface area contributed by atoms with E-state index in [9.17, 15) is 22.9 Å². The Hall–Kier alpha value is -1.50. The summed E-state index contributed by atoms with van der Waals surface area (Å²) < 4.78 is 33.4. The van der Waals surface area contributed by atoms with Gasteiger partial charge in [-0.25, -0.2) is 8.42 Å². The molecule has 14 heavy (non-hydrogen) atoms. The Balaban J connectivity index is 3.12. The lowest BCUT2D eigenvalue weighted by Crippen LogP contribution is -1.95. The van der Waals surface area contributed by atoms with Gasteiger partial charge in [-0.2, -0.15) is 4.39 Å². The Morgan fingerprint density at radius 1 is 1.43 bits per heavy atom. The molecule has 0 bridgehead atoms. The van der Waals surface area contributed by atoms with Gasteiger partial charge in [0.05, 0.1) is 10.7 Å². The van der Waals surface area contributed by atoms with Gasteiger partial charge in [0.2, 0.25) is 5.82 Å². The molecule has 0 aliphatic rings. The summed E-state index contributed by atoms with van der Waals surface area (Å²) in [4.78, 5) is 9.38. The fourth-order valence-corrected chi connectivity index (χ4v) is 1.44. The Bertz CT molecular complexity index is 435. The van der Waals surface area contributed by atoms with Crippen molar-refractivity contribution in [2.45, 2.75) is 5.75 Å². The molecule has 0 aliphatic carbocycles. The van der Waals surface area contributed by atoms with Gasteiger partial charge in [-0.05, 0) is 11.6 Å². The normalized spacial score (nSPS) is 10.4. The van der Waals surface area contributed by atoms with Crippen LogP contribution in [-0.2, 0) is 16.5 Å². The van der Waals surface area contributed by atoms with Gasteiger partial charge in [0, 0.05) is 6.07 Å². The maximum absolute atomic E-state index is 12.8. The fraction of sp³-hybridized carbons (Fsp3) is 0.143. The quantitative estimate of drug-likeness (QED) is 0.464. The number of thiol groups is 1. The molecule has 1 rings (SSSR count). The number of nitrogens with zero attached hydrogens (tertiary/aromatic N) is 1. The summed E-state index contributed by atoms with van der Waals surface area (Å²) in [6.07, 6.45) is 0. The molecule has 5 nitrogen and oxygen atoms in total. The van der Waals surface area contributed by atoms with E-state index in [1.165, 1.54) is 6.07 Å². The van der Waals surface area contributed by atoms with Crippen LogP contribution in [0.3, 0.4) is 0 Å². The molecule has 0 N–H and O–H groups in total. The first kappa shape index (κ1) is 10.6. The zero-order valence-electron chi connectivity index (χ0n) is 6.84. The molecule has 0 unspecified atom stereocenters. The van der Waals surface area contributed by atoms with Crippen molar-refractivity contribution in [1.82, 2.24) is 0 Å². The first-order valence-corrected chi connectivity index (χ1v) is 4.91. The SMILES string of the molecule is O=[N+]([O-])c1cc(C[SH](=O)=O)ccc1F. The molecule has 0 atom stereocenters. The summed E-state index contributed by atoms with van der Waals surface area (Å²) in [5.41, 5.74) is -0.506. The second kappa shape index (κ2) is 4.14. The van der Waals surface area contributed by atoms with E-state index in [4.69, 9.17) is 0 Å². The molecular weight excluding hydrogens is 213 g/mol. The van der Waals surface area contributed by atoms with Crippen LogP contribution in [0, 0.1) is 15.9 Å². The molecular formula is C7H6FNO4S. The molecule has 0 amide bonds. The first-order valence-electron chi connectivity index (χ1n) is 3.55. The van der Waals surface area contributed by atoms with Gasteiger partial charge in [-0.3, -0.25) is 10.1 Å². The largest absolute Gasteiger partial charge is 0.305 e. The Labute approximate surface area is 80.3 Å². The van der Waals surface area contributed by atoms with Crippen LogP contribution in [0.15, 0.2) is 18.2 Å². The van der Waals surface area contributed by atoms with E-state index in [0.717, 1.165) is 12.1 Å². The Morgan fingerprint density at radius 3 is 2.57 bits per heavy atom. The first-order chi connectivity index (χ1) is 6.50. The summed E-state index contributed by atoms with van der Waals surface area (Å²) in [6.45, 7) is 0. The molecule has 0 spiro atoms. The summed E-state index contributed by atoms with van der Waals surface area (Å²) in [7, 11) is -2.66. The fourth-order valence-electron chi connectivity index (χ4n) is 0.946. The Kier molecular flexibility index (Phi) is 3.13. The van der Waals surface area contributed by atoms with E-state index in [0.29, 0.717) is 0 Å². The van der Waals surface area contributed by atoms with Crippen molar-refractivity contribution in [2.24, 2.45) is 0 Å². The molecule has 0 saturated carbocycles. The highest BCUT2D eigenvalue weighted by Crippen LogP contribution is 2.18. The third-order valence-electron chi connectivity index (χ3n) is 1.52. The van der Waals surface area contributed by atoms with Gasteiger partial charge in [-0.1, -0.05) is 6.07 Å². The lowest BCUT2D eigenvalue weighted by molar-refractivity contribution is -0.387. The minimum Gasteiger partial charge on any atom is -0.258 e. The highest BCUT2D eigenvalue weighted by atomic mass is 32.2. The number of hydrogen-bond acceptors (Lipinski definition) is 4. The number of halogens is 1. The zero-order valence-corrected chi connectivity index (χ0v) is 7.74. The third-order valence-corrected chi connectivity index (χ3v) is 2.14. The number of rotatable bonds is 3. The number of nitro benzene ring substituents is 1. The molecule has 1 aromatic carbocycles. The maximum Gasteiger partial charge on any atom is 0.305 e. The lowest BCUT2D eigenvalue weighted by atomic mass is 10.2. The average molecular weight is 219 g/mol. The minimum absolute atomic E-state index is 0.203. The molecule has 0 heterocycles. The average Bonchev–Trinajstić information content (AvgIpc) is 2.07. The van der Waals surface area contributed by atoms with Gasteiger partial charge in [0.15, 0.2) is 0 Å². The number of benzene rings is 1. The van der Waals surface area contributed by atoms with Crippen molar-refractivity contribution in [3.63, 3.8) is 0 Å². The standard InChI is InChI=1S/C7H6FNO4S/c8-6-2-1-5(4-14(12)13)3-7(6)9(10)11/h1-3,14H,4H2. The molecule has 76 valence electrons. The molecule has 0 fully saturated rings. The summed E-state index contributed by atoms with van der Waals surface area (Å²) in [5, 5.41) is 10.3. The van der Waals surface area contributed by atoms with Crippen molar-refractivity contribution in [1.29, 1.82) is 0 Å². The van der Waals surface area contributed by atoms with Gasteiger partial charge in [-0.15, -0.1) is 0 Å². The van der Waals surface area contributed by atoms with Gasteiger partial charge < -0.3 is 0 Å². The molecule has 0 radical (unpaired) electrons. The van der Waals surface area contributed by atoms with Gasteiger partial charge in [0.25, 0.3) is 0 Å². The summed E-state index contributed by atoms with van der Waals surface area (Å²) in [6, 6.07) is 3.00. The molecule has 7 heteroatoms. The predicted octanol–water partition coefficient (Wildman–Crippen LogP) is 0.845. The smallest absolute Gasteiger partial charge is 0.258 e. The van der Waals surface area contributed by atoms with Crippen molar-refractivity contribution < 1.29 is 17.7 Å². The minimum atomic E-state index is -2.66. The van der Waals surface area contributed by atoms with Crippen LogP contribution < -0.4 is 0 Å². The third kappa shape index (κ3) is 2.49. The molecule has 0 aliphatic heterocycles. The van der Waals surface area contributed by atoms with E-state index in [2.05, 4.69) is 0 Å². The van der Waals surface area contributed by atoms with Crippen LogP contribution in [0.2, 0.25) is 0 Å². The van der Waals surface area contributed by atoms with Crippen LogP contribution in [0.5, 0.6) is 0 Å². The van der Waals surface area contributed by atoms with Crippen LogP contribution in [0.1, 0.15) is 5.56 Å². The van der Waals surface area contributed by atoms with E-state index < -0.39 is 27.1 Å². The topological polar surface area (TPSA) is 77.3 Å². The van der Waals surface area contributed by atoms with Crippen molar-refractivity contribution >= 4 is 16.4 Å². The number of hydrogen-bond donors (Lipinski definition) is 1. The van der Waals surface area contributed by atoms with Crippen molar-refractivity contribution in [3.8, 4) is 0 Å². The van der Waals surface area contributed by atoms with Crippen LogP contribution in [-0.4, -0.2) is 13.3 Å². The van der Waals surface area contributed by atoms with Gasteiger partial charge in [0.1, 0.15) is 10.7 Å². The van der Waals surface area contributed by atoms with Crippen molar-refractivity contribution in [2.75, 3.05) is 0 Å². The second-order valence-corrected chi connectivity index (χ2v) is 3.52. The highest BCUT2D eigenvalue weighted by molar-refractivity contribution is 7.71. The van der Waals surface area contributed by atoms with E-state index in [-0.39, 0.29) is 11.3 Å². The zero-order chi connectivity index (χ0) is 10.7. The van der Waals surface area contributed by atoms with E-state index in [1.807, 2.05) is 0 Å². The number of nitro groups is 1. The van der Waals surface area contributed by atoms with Crippen molar-refractivity contribution in [3.05, 3.63) is 39.7 Å². The summed E-state index contributed by atoms with van der Waals surface area (Å²) in [5.74, 6) is -1.30. The van der Waals surface area contributed by atoms with Crippen LogP contribution in [0.4, 0.5) is 10.1 Å². The Morgan fingerprint density at radius 2 is 2.07 bits per heavy atom. The predicted molar refractivity (Wildman–Crippen MR) is 47.1 cm³/mol. The van der Waals surface area contributed by atoms with E-state index >= 15 is 0 Å². The summed E-state index contributed by atoms with van der Waals surface area (Å²) >= 11 is 0. The molecule has 0 aromatic heterocycles. The monoisotopic (exact) mass is 219 g/mol. The lowest BCUT2D eigenvalue weighted by Gasteiger charge is -1.96. The van der Waals surface area contributed by atoms with Gasteiger partial charge >= 0.3 is 5.69 Å². The maximum atomic E-state index is 12.8.